The van der Waals surface area contributed by atoms with E-state index < -0.39 is 12.0 Å². The van der Waals surface area contributed by atoms with E-state index in [0.29, 0.717) is 30.3 Å². The maximum absolute atomic E-state index is 13.1. The molecule has 3 rings (SSSR count). The molecule has 34 heavy (non-hydrogen) atoms. The number of hydrogen-bond donors (Lipinski definition) is 2. The van der Waals surface area contributed by atoms with E-state index in [1.54, 1.807) is 17.8 Å². The van der Waals surface area contributed by atoms with Crippen molar-refractivity contribution < 1.29 is 19.4 Å². The van der Waals surface area contributed by atoms with Crippen LogP contribution >= 0.6 is 11.8 Å². The summed E-state index contributed by atoms with van der Waals surface area (Å²) in [5.41, 5.74) is 4.32. The second kappa shape index (κ2) is 14.6. The van der Waals surface area contributed by atoms with Crippen LogP contribution in [-0.2, 0) is 16.1 Å². The number of benzene rings is 2. The van der Waals surface area contributed by atoms with E-state index in [0.717, 1.165) is 28.9 Å². The number of nitrogens with one attached hydrogen (secondary N) is 1. The zero-order valence-electron chi connectivity index (χ0n) is 19.6. The first-order valence-electron chi connectivity index (χ1n) is 11.8. The van der Waals surface area contributed by atoms with Gasteiger partial charge in [0.15, 0.2) is 0 Å². The van der Waals surface area contributed by atoms with Crippen molar-refractivity contribution in [3.8, 4) is 11.1 Å². The topological polar surface area (TPSA) is 75.6 Å². The minimum absolute atomic E-state index is 0. The van der Waals surface area contributed by atoms with Gasteiger partial charge in [-0.1, -0.05) is 49.6 Å². The van der Waals surface area contributed by atoms with Crippen molar-refractivity contribution >= 4 is 42.5 Å². The molecule has 1 amide bonds. The van der Waals surface area contributed by atoms with Crippen LogP contribution in [-0.4, -0.2) is 60.5 Å². The van der Waals surface area contributed by atoms with Crippen molar-refractivity contribution in [1.29, 1.82) is 0 Å². The standard InChI is InChI=1S/C27H35NO4S.Li.H/c1-19-8-6-7-11-22(19)24-16-21(18-32-17-20-9-4-3-5-10-20)12-13-23(24)26(29)28-25(27(30)31)14-15-33-2;;/h6-8,11-13,16,20,25H,3-5,9-10,14-15,17-18H2,1-2H3,(H,28,29)(H,30,31);;/t25-;;/m0../s1. The van der Waals surface area contributed by atoms with Crippen LogP contribution < -0.4 is 5.32 Å². The van der Waals surface area contributed by atoms with Crippen molar-refractivity contribution in [1.82, 2.24) is 5.32 Å². The Labute approximate surface area is 219 Å². The minimum atomic E-state index is -1.01. The van der Waals surface area contributed by atoms with Crippen molar-refractivity contribution in [2.45, 2.75) is 58.1 Å². The van der Waals surface area contributed by atoms with Crippen LogP contribution in [0, 0.1) is 12.8 Å². The van der Waals surface area contributed by atoms with E-state index >= 15 is 0 Å². The van der Waals surface area contributed by atoms with Gasteiger partial charge >= 0.3 is 24.8 Å². The fraction of sp³-hybridized carbons (Fsp3) is 0.481. The molecule has 0 heterocycles. The SMILES string of the molecule is CSCC[C@H](NC(=O)c1ccc(COCC2CCCCC2)cc1-c1ccccc1C)C(=O)O.[LiH]. The number of rotatable bonds is 11. The Morgan fingerprint density at radius 3 is 2.53 bits per heavy atom. The molecule has 1 fully saturated rings. The summed E-state index contributed by atoms with van der Waals surface area (Å²) >= 11 is 1.56. The second-order valence-electron chi connectivity index (χ2n) is 8.86. The molecule has 180 valence electrons. The number of aryl methyl sites for hydroxylation is 1. The summed E-state index contributed by atoms with van der Waals surface area (Å²) in [5, 5.41) is 12.3. The van der Waals surface area contributed by atoms with Gasteiger partial charge in [0.05, 0.1) is 6.61 Å². The van der Waals surface area contributed by atoms with Gasteiger partial charge in [-0.2, -0.15) is 11.8 Å². The molecular formula is C27H36LiNO4S. The van der Waals surface area contributed by atoms with Gasteiger partial charge in [0.2, 0.25) is 0 Å². The van der Waals surface area contributed by atoms with Crippen LogP contribution in [0.25, 0.3) is 11.1 Å². The first-order chi connectivity index (χ1) is 16.0. The van der Waals surface area contributed by atoms with Crippen LogP contribution in [0.1, 0.15) is 60.0 Å². The molecule has 7 heteroatoms. The summed E-state index contributed by atoms with van der Waals surface area (Å²) in [5.74, 6) is -0.0630. The summed E-state index contributed by atoms with van der Waals surface area (Å²) in [6, 6.07) is 12.7. The Bertz CT molecular complexity index is 946. The molecule has 0 saturated heterocycles. The second-order valence-corrected chi connectivity index (χ2v) is 9.85. The number of thioether (sulfide) groups is 1. The molecule has 1 aliphatic rings. The Hall–Kier alpha value is -1.71. The molecule has 2 N–H and O–H groups in total. The van der Waals surface area contributed by atoms with E-state index in [4.69, 9.17) is 4.74 Å². The summed E-state index contributed by atoms with van der Waals surface area (Å²) in [6.45, 7) is 3.29. The van der Waals surface area contributed by atoms with Gasteiger partial charge < -0.3 is 15.2 Å². The summed E-state index contributed by atoms with van der Waals surface area (Å²) in [7, 11) is 0. The molecular weight excluding hydrogens is 441 g/mol. The molecule has 1 saturated carbocycles. The average Bonchev–Trinajstić information content (AvgIpc) is 2.82. The maximum atomic E-state index is 13.1. The van der Waals surface area contributed by atoms with Crippen molar-refractivity contribution in [3.63, 3.8) is 0 Å². The molecule has 0 aliphatic heterocycles. The Kier molecular flexibility index (Phi) is 12.3. The predicted molar refractivity (Wildman–Crippen MR) is 142 cm³/mol. The monoisotopic (exact) mass is 477 g/mol. The molecule has 0 aromatic heterocycles. The van der Waals surface area contributed by atoms with Gasteiger partial charge in [0.25, 0.3) is 5.91 Å². The molecule has 1 atom stereocenters. The Balaban J connectivity index is 0.00000408. The van der Waals surface area contributed by atoms with Crippen LogP contribution in [0.5, 0.6) is 0 Å². The number of amides is 1. The third-order valence-corrected chi connectivity index (χ3v) is 6.97. The molecule has 0 unspecified atom stereocenters. The third kappa shape index (κ3) is 8.20. The number of carbonyl (C=O) groups excluding carboxylic acids is 1. The number of carbonyl (C=O) groups is 2. The summed E-state index contributed by atoms with van der Waals surface area (Å²) < 4.78 is 6.04. The van der Waals surface area contributed by atoms with E-state index in [2.05, 4.69) is 5.32 Å². The number of carboxylic acids is 1. The summed E-state index contributed by atoms with van der Waals surface area (Å²) in [6.07, 6.45) is 8.72. The van der Waals surface area contributed by atoms with Gasteiger partial charge in [-0.25, -0.2) is 4.79 Å². The summed E-state index contributed by atoms with van der Waals surface area (Å²) in [4.78, 5) is 24.8. The van der Waals surface area contributed by atoms with Gasteiger partial charge in [-0.15, -0.1) is 0 Å². The van der Waals surface area contributed by atoms with Crippen LogP contribution in [0.3, 0.4) is 0 Å². The Morgan fingerprint density at radius 1 is 1.12 bits per heavy atom. The predicted octanol–water partition coefficient (Wildman–Crippen LogP) is 5.05. The van der Waals surface area contributed by atoms with E-state index in [1.807, 2.05) is 49.6 Å². The fourth-order valence-corrected chi connectivity index (χ4v) is 4.87. The quantitative estimate of drug-likeness (QED) is 0.443. The van der Waals surface area contributed by atoms with Crippen molar-refractivity contribution in [2.24, 2.45) is 5.92 Å². The molecule has 0 radical (unpaired) electrons. The first kappa shape index (κ1) is 28.5. The molecule has 2 aromatic rings. The number of aliphatic carboxylic acids is 1. The molecule has 2 aromatic carbocycles. The van der Waals surface area contributed by atoms with Crippen LogP contribution in [0.15, 0.2) is 42.5 Å². The third-order valence-electron chi connectivity index (χ3n) is 6.32. The normalized spacial score (nSPS) is 14.8. The van der Waals surface area contributed by atoms with Gasteiger partial charge in [0.1, 0.15) is 6.04 Å². The van der Waals surface area contributed by atoms with Gasteiger partial charge in [0, 0.05) is 12.2 Å². The molecule has 1 aliphatic carbocycles. The molecule has 0 bridgehead atoms. The van der Waals surface area contributed by atoms with Gasteiger partial charge in [-0.05, 0) is 78.5 Å². The zero-order chi connectivity index (χ0) is 23.6. The van der Waals surface area contributed by atoms with E-state index in [1.165, 1.54) is 32.1 Å². The first-order valence-corrected chi connectivity index (χ1v) is 13.2. The van der Waals surface area contributed by atoms with Crippen molar-refractivity contribution in [2.75, 3.05) is 18.6 Å². The number of ether oxygens (including phenoxy) is 1. The van der Waals surface area contributed by atoms with E-state index in [-0.39, 0.29) is 24.8 Å². The van der Waals surface area contributed by atoms with Gasteiger partial charge in [-0.3, -0.25) is 4.79 Å². The average molecular weight is 478 g/mol. The van der Waals surface area contributed by atoms with Crippen LogP contribution in [0.4, 0.5) is 0 Å². The van der Waals surface area contributed by atoms with Crippen molar-refractivity contribution in [3.05, 3.63) is 59.2 Å². The Morgan fingerprint density at radius 2 is 1.85 bits per heavy atom. The van der Waals surface area contributed by atoms with E-state index in [9.17, 15) is 14.7 Å². The van der Waals surface area contributed by atoms with Crippen LogP contribution in [0.2, 0.25) is 0 Å². The molecule has 5 nitrogen and oxygen atoms in total. The zero-order valence-corrected chi connectivity index (χ0v) is 20.5. The number of carboxylic acid groups (broad SMARTS) is 1. The fourth-order valence-electron chi connectivity index (χ4n) is 4.40. The molecule has 0 spiro atoms. The number of hydrogen-bond acceptors (Lipinski definition) is 4.